The second kappa shape index (κ2) is 5.13. The van der Waals surface area contributed by atoms with Crippen molar-refractivity contribution in [3.8, 4) is 11.5 Å². The number of aromatic hydroxyl groups is 2. The highest BCUT2D eigenvalue weighted by molar-refractivity contribution is 5.95. The third kappa shape index (κ3) is 3.81. The van der Waals surface area contributed by atoms with Crippen molar-refractivity contribution in [1.82, 2.24) is 5.32 Å². The van der Waals surface area contributed by atoms with E-state index in [0.717, 1.165) is 18.2 Å². The van der Waals surface area contributed by atoms with Crippen molar-refractivity contribution in [3.63, 3.8) is 0 Å². The number of carbonyl (C=O) groups is 1. The third-order valence-electron chi connectivity index (χ3n) is 2.00. The summed E-state index contributed by atoms with van der Waals surface area (Å²) in [4.78, 5) is 11.4. The monoisotopic (exact) mass is 265 g/mol. The van der Waals surface area contributed by atoms with Gasteiger partial charge in [0.1, 0.15) is 11.5 Å². The Hall–Kier alpha value is -1.96. The van der Waals surface area contributed by atoms with Crippen LogP contribution in [0, 0.1) is 0 Å². The predicted molar refractivity (Wildman–Crippen MR) is 54.2 cm³/mol. The summed E-state index contributed by atoms with van der Waals surface area (Å²) in [6.45, 7) is -1.02. The number of carbonyl (C=O) groups excluding carboxylic acids is 1. The molecule has 4 N–H and O–H groups in total. The largest absolute Gasteiger partial charge is 0.508 e. The van der Waals surface area contributed by atoms with E-state index in [1.807, 2.05) is 5.32 Å². The fourth-order valence-corrected chi connectivity index (χ4v) is 1.13. The van der Waals surface area contributed by atoms with E-state index in [1.165, 1.54) is 0 Å². The molecule has 0 heterocycles. The zero-order chi connectivity index (χ0) is 13.9. The highest BCUT2D eigenvalue weighted by Gasteiger charge is 2.38. The molecule has 0 spiro atoms. The van der Waals surface area contributed by atoms with Crippen molar-refractivity contribution >= 4 is 5.91 Å². The summed E-state index contributed by atoms with van der Waals surface area (Å²) in [6, 6.07) is 2.89. The predicted octanol–water partition coefficient (Wildman–Crippen LogP) is 0.751. The minimum atomic E-state index is -4.83. The van der Waals surface area contributed by atoms with Gasteiger partial charge in [0.25, 0.3) is 5.91 Å². The van der Waals surface area contributed by atoms with Crippen LogP contribution >= 0.6 is 0 Å². The smallest absolute Gasteiger partial charge is 0.416 e. The molecule has 0 saturated carbocycles. The average molecular weight is 265 g/mol. The van der Waals surface area contributed by atoms with Crippen LogP contribution in [0.4, 0.5) is 13.2 Å². The van der Waals surface area contributed by atoms with Crippen molar-refractivity contribution in [3.05, 3.63) is 23.8 Å². The van der Waals surface area contributed by atoms with Crippen molar-refractivity contribution in [2.24, 2.45) is 0 Å². The van der Waals surface area contributed by atoms with Gasteiger partial charge < -0.3 is 20.6 Å². The van der Waals surface area contributed by atoms with Crippen LogP contribution in [-0.2, 0) is 0 Å². The van der Waals surface area contributed by atoms with E-state index >= 15 is 0 Å². The highest BCUT2D eigenvalue weighted by atomic mass is 19.4. The standard InChI is InChI=1S/C10H10F3NO4/c11-10(12,13)8(17)4-14-9(18)5-1-6(15)3-7(16)2-5/h1-3,8,15-17H,4H2,(H,14,18). The Balaban J connectivity index is 2.66. The molecule has 1 amide bonds. The van der Waals surface area contributed by atoms with Crippen molar-refractivity contribution in [1.29, 1.82) is 0 Å². The Bertz CT molecular complexity index is 427. The van der Waals surface area contributed by atoms with Gasteiger partial charge in [-0.1, -0.05) is 0 Å². The number of halogens is 3. The van der Waals surface area contributed by atoms with Gasteiger partial charge >= 0.3 is 6.18 Å². The van der Waals surface area contributed by atoms with Crippen molar-refractivity contribution < 1.29 is 33.3 Å². The summed E-state index contributed by atoms with van der Waals surface area (Å²) < 4.78 is 35.8. The van der Waals surface area contributed by atoms with E-state index in [1.54, 1.807) is 0 Å². The summed E-state index contributed by atoms with van der Waals surface area (Å²) in [6.07, 6.45) is -7.50. The second-order valence-corrected chi connectivity index (χ2v) is 3.51. The number of hydrogen-bond donors (Lipinski definition) is 4. The lowest BCUT2D eigenvalue weighted by Gasteiger charge is -2.15. The van der Waals surface area contributed by atoms with E-state index < -0.39 is 36.2 Å². The molecule has 1 atom stereocenters. The molecule has 0 saturated heterocycles. The average Bonchev–Trinajstić information content (AvgIpc) is 2.22. The van der Waals surface area contributed by atoms with Gasteiger partial charge in [-0.2, -0.15) is 13.2 Å². The molecule has 100 valence electrons. The molecule has 1 rings (SSSR count). The lowest BCUT2D eigenvalue weighted by Crippen LogP contribution is -2.40. The molecule has 0 bridgehead atoms. The van der Waals surface area contributed by atoms with E-state index in [9.17, 15) is 18.0 Å². The SMILES string of the molecule is O=C(NCC(O)C(F)(F)F)c1cc(O)cc(O)c1. The van der Waals surface area contributed by atoms with Gasteiger partial charge in [-0.25, -0.2) is 0 Å². The quantitative estimate of drug-likeness (QED) is 0.649. The van der Waals surface area contributed by atoms with Crippen LogP contribution in [0.15, 0.2) is 18.2 Å². The Morgan fingerprint density at radius 1 is 1.22 bits per heavy atom. The fourth-order valence-electron chi connectivity index (χ4n) is 1.13. The lowest BCUT2D eigenvalue weighted by atomic mass is 10.2. The third-order valence-corrected chi connectivity index (χ3v) is 2.00. The summed E-state index contributed by atoms with van der Waals surface area (Å²) in [5, 5.41) is 28.6. The molecule has 5 nitrogen and oxygen atoms in total. The molecule has 0 aliphatic heterocycles. The maximum absolute atomic E-state index is 11.9. The first-order chi connectivity index (χ1) is 8.20. The summed E-state index contributed by atoms with van der Waals surface area (Å²) >= 11 is 0. The number of hydrogen-bond acceptors (Lipinski definition) is 4. The van der Waals surface area contributed by atoms with E-state index in [-0.39, 0.29) is 5.56 Å². The van der Waals surface area contributed by atoms with Crippen LogP contribution in [-0.4, -0.2) is 40.1 Å². The summed E-state index contributed by atoms with van der Waals surface area (Å²) in [7, 11) is 0. The van der Waals surface area contributed by atoms with E-state index in [4.69, 9.17) is 15.3 Å². The normalized spacial score (nSPS) is 13.1. The van der Waals surface area contributed by atoms with E-state index in [0.29, 0.717) is 0 Å². The first-order valence-corrected chi connectivity index (χ1v) is 4.76. The zero-order valence-corrected chi connectivity index (χ0v) is 8.90. The van der Waals surface area contributed by atoms with Crippen LogP contribution < -0.4 is 5.32 Å². The van der Waals surface area contributed by atoms with Crippen LogP contribution in [0.5, 0.6) is 11.5 Å². The molecule has 0 aromatic heterocycles. The lowest BCUT2D eigenvalue weighted by molar-refractivity contribution is -0.201. The maximum Gasteiger partial charge on any atom is 0.416 e. The van der Waals surface area contributed by atoms with Gasteiger partial charge in [-0.15, -0.1) is 0 Å². The molecule has 1 aromatic rings. The molecule has 18 heavy (non-hydrogen) atoms. The number of amides is 1. The van der Waals surface area contributed by atoms with Gasteiger partial charge in [0.15, 0.2) is 6.10 Å². The van der Waals surface area contributed by atoms with Crippen molar-refractivity contribution in [2.75, 3.05) is 6.54 Å². The highest BCUT2D eigenvalue weighted by Crippen LogP contribution is 2.21. The second-order valence-electron chi connectivity index (χ2n) is 3.51. The number of aliphatic hydroxyl groups is 1. The Kier molecular flexibility index (Phi) is 4.02. The van der Waals surface area contributed by atoms with E-state index in [2.05, 4.69) is 0 Å². The molecular weight excluding hydrogens is 255 g/mol. The number of aliphatic hydroxyl groups excluding tert-OH is 1. The fraction of sp³-hybridized carbons (Fsp3) is 0.300. The number of phenolic OH excluding ortho intramolecular Hbond substituents is 2. The molecule has 8 heteroatoms. The molecule has 0 fully saturated rings. The number of phenols is 2. The molecule has 0 aliphatic rings. The summed E-state index contributed by atoms with van der Waals surface area (Å²) in [5.41, 5.74) is -0.220. The van der Waals surface area contributed by atoms with Crippen LogP contribution in [0.2, 0.25) is 0 Å². The van der Waals surface area contributed by atoms with Gasteiger partial charge in [0.2, 0.25) is 0 Å². The molecule has 0 aliphatic carbocycles. The molecular formula is C10H10F3NO4. The topological polar surface area (TPSA) is 89.8 Å². The number of rotatable bonds is 3. The van der Waals surface area contributed by atoms with Gasteiger partial charge in [-0.3, -0.25) is 4.79 Å². The van der Waals surface area contributed by atoms with Gasteiger partial charge in [0.05, 0.1) is 6.54 Å². The zero-order valence-electron chi connectivity index (χ0n) is 8.90. The Labute approximate surface area is 99.5 Å². The number of alkyl halides is 3. The summed E-state index contributed by atoms with van der Waals surface area (Å²) in [5.74, 6) is -1.77. The van der Waals surface area contributed by atoms with Crippen molar-refractivity contribution in [2.45, 2.75) is 12.3 Å². The molecule has 1 unspecified atom stereocenters. The molecule has 0 radical (unpaired) electrons. The van der Waals surface area contributed by atoms with Crippen LogP contribution in [0.25, 0.3) is 0 Å². The number of nitrogens with one attached hydrogen (secondary N) is 1. The first-order valence-electron chi connectivity index (χ1n) is 4.76. The van der Waals surface area contributed by atoms with Crippen LogP contribution in [0.3, 0.4) is 0 Å². The molecule has 1 aromatic carbocycles. The Morgan fingerprint density at radius 2 is 1.72 bits per heavy atom. The Morgan fingerprint density at radius 3 is 2.17 bits per heavy atom. The maximum atomic E-state index is 11.9. The minimum Gasteiger partial charge on any atom is -0.508 e. The number of benzene rings is 1. The van der Waals surface area contributed by atoms with Gasteiger partial charge in [0, 0.05) is 11.6 Å². The van der Waals surface area contributed by atoms with Gasteiger partial charge in [-0.05, 0) is 12.1 Å². The minimum absolute atomic E-state index is 0.220. The first kappa shape index (κ1) is 14.1. The van der Waals surface area contributed by atoms with Crippen LogP contribution in [0.1, 0.15) is 10.4 Å².